The van der Waals surface area contributed by atoms with Crippen LogP contribution in [0.5, 0.6) is 0 Å². The van der Waals surface area contributed by atoms with Crippen LogP contribution in [0.15, 0.2) is 47.1 Å². The number of carbonyl (C=O) groups excluding carboxylic acids is 2. The van der Waals surface area contributed by atoms with Gasteiger partial charge in [-0.3, -0.25) is 19.5 Å². The number of hydrogen-bond acceptors (Lipinski definition) is 7. The number of pyridine rings is 1. The number of benzene rings is 1. The van der Waals surface area contributed by atoms with E-state index >= 15 is 0 Å². The zero-order valence-electron chi connectivity index (χ0n) is 24.8. The lowest BCUT2D eigenvalue weighted by atomic mass is 9.68. The zero-order valence-corrected chi connectivity index (χ0v) is 24.8. The smallest absolute Gasteiger partial charge is 0.185 e. The van der Waals surface area contributed by atoms with Crippen molar-refractivity contribution in [1.29, 1.82) is 0 Å². The van der Waals surface area contributed by atoms with Crippen LogP contribution in [0.4, 0.5) is 8.78 Å². The summed E-state index contributed by atoms with van der Waals surface area (Å²) in [5.74, 6) is -1.70. The van der Waals surface area contributed by atoms with Crippen LogP contribution in [-0.2, 0) is 10.2 Å². The third-order valence-electron chi connectivity index (χ3n) is 8.97. The summed E-state index contributed by atoms with van der Waals surface area (Å²) in [7, 11) is 0. The van der Waals surface area contributed by atoms with Crippen LogP contribution in [0, 0.1) is 24.0 Å². The fourth-order valence-corrected chi connectivity index (χ4v) is 6.57. The fraction of sp³-hybridized carbons (Fsp3) is 0.515. The number of aliphatic hydroxyl groups is 1. The number of carbonyl (C=O) groups is 2. The number of halogens is 2. The molecule has 0 bridgehead atoms. The third-order valence-corrected chi connectivity index (χ3v) is 8.97. The maximum Gasteiger partial charge on any atom is 0.185 e. The van der Waals surface area contributed by atoms with Gasteiger partial charge in [-0.2, -0.15) is 0 Å². The lowest BCUT2D eigenvalue weighted by Gasteiger charge is -2.54. The third kappa shape index (κ3) is 6.68. The zero-order chi connectivity index (χ0) is 30.3. The highest BCUT2D eigenvalue weighted by molar-refractivity contribution is 5.96. The first kappa shape index (κ1) is 30.2. The van der Waals surface area contributed by atoms with Crippen molar-refractivity contribution < 1.29 is 28.0 Å². The largest absolute Gasteiger partial charge is 0.390 e. The molecule has 2 aliphatic rings. The molecule has 0 atom stereocenters. The topological polar surface area (TPSA) is 96.5 Å². The minimum absolute atomic E-state index is 0.0165. The van der Waals surface area contributed by atoms with Gasteiger partial charge in [0, 0.05) is 73.2 Å². The van der Waals surface area contributed by atoms with E-state index in [1.807, 2.05) is 39.8 Å². The number of likely N-dealkylation sites (tertiary alicyclic amines) is 1. The molecule has 0 radical (unpaired) electrons. The number of ketones is 2. The monoisotopic (exact) mass is 579 g/mol. The van der Waals surface area contributed by atoms with Gasteiger partial charge in [-0.15, -0.1) is 0 Å². The van der Waals surface area contributed by atoms with E-state index in [9.17, 15) is 23.5 Å². The molecule has 1 saturated carbocycles. The molecular weight excluding hydrogens is 540 g/mol. The van der Waals surface area contributed by atoms with Crippen LogP contribution < -0.4 is 0 Å². The van der Waals surface area contributed by atoms with Crippen LogP contribution in [0.2, 0.25) is 0 Å². The molecule has 1 N–H and O–H groups in total. The summed E-state index contributed by atoms with van der Waals surface area (Å²) >= 11 is 0. The van der Waals surface area contributed by atoms with E-state index in [2.05, 4.69) is 15.0 Å². The quantitative estimate of drug-likeness (QED) is 0.285. The first-order valence-corrected chi connectivity index (χ1v) is 14.6. The molecule has 3 heterocycles. The van der Waals surface area contributed by atoms with E-state index in [0.717, 1.165) is 49.1 Å². The standard InChI is InChI=1S/C33H39F2N3O4/c1-21-9-12-36-30(13-21)31(2,3)16-24(39)17-33(19-38(20-33)23-7-10-32(4,41)11-8-23)18-28(40)27-15-29(42-37-27)25-6-5-22(34)14-26(25)35/h5-6,9,12-15,23,41H,7-8,10-11,16-20H2,1-4H3. The molecular formula is C33H39F2N3O4. The van der Waals surface area contributed by atoms with Gasteiger partial charge < -0.3 is 9.63 Å². The SMILES string of the molecule is Cc1ccnc(C(C)(C)CC(=O)CC2(CC(=O)c3cc(-c4ccc(F)cc4F)on3)CN(C3CCC(C)(O)CC3)C2)c1. The predicted octanol–water partition coefficient (Wildman–Crippen LogP) is 6.22. The maximum absolute atomic E-state index is 14.3. The van der Waals surface area contributed by atoms with Gasteiger partial charge in [-0.1, -0.05) is 19.0 Å². The van der Waals surface area contributed by atoms with Gasteiger partial charge in [0.2, 0.25) is 0 Å². The lowest BCUT2D eigenvalue weighted by Crippen LogP contribution is -2.62. The Morgan fingerprint density at radius 3 is 2.48 bits per heavy atom. The highest BCUT2D eigenvalue weighted by Gasteiger charge is 2.49. The molecule has 42 heavy (non-hydrogen) atoms. The van der Waals surface area contributed by atoms with E-state index in [0.29, 0.717) is 25.6 Å². The number of hydrogen-bond donors (Lipinski definition) is 1. The average Bonchev–Trinajstić information content (AvgIpc) is 3.37. The molecule has 7 nitrogen and oxygen atoms in total. The van der Waals surface area contributed by atoms with Crippen molar-refractivity contribution >= 4 is 11.6 Å². The molecule has 3 aromatic rings. The Bertz CT molecular complexity index is 1470. The first-order chi connectivity index (χ1) is 19.7. The number of rotatable bonds is 10. The number of aromatic nitrogens is 2. The second kappa shape index (κ2) is 11.4. The first-order valence-electron chi connectivity index (χ1n) is 14.6. The predicted molar refractivity (Wildman–Crippen MR) is 154 cm³/mol. The van der Waals surface area contributed by atoms with E-state index in [-0.39, 0.29) is 41.4 Å². The lowest BCUT2D eigenvalue weighted by molar-refractivity contribution is -0.128. The second-order valence-corrected chi connectivity index (χ2v) is 13.4. The summed E-state index contributed by atoms with van der Waals surface area (Å²) in [6, 6.07) is 8.72. The molecule has 0 amide bonds. The van der Waals surface area contributed by atoms with Crippen molar-refractivity contribution in [1.82, 2.24) is 15.0 Å². The van der Waals surface area contributed by atoms with Gasteiger partial charge in [0.25, 0.3) is 0 Å². The van der Waals surface area contributed by atoms with Crippen LogP contribution in [0.1, 0.15) is 87.5 Å². The molecule has 0 spiro atoms. The molecule has 1 aliphatic heterocycles. The Balaban J connectivity index is 1.31. The maximum atomic E-state index is 14.3. The number of Topliss-reactive ketones (excluding diaryl/α,β-unsaturated/α-hetero) is 2. The average molecular weight is 580 g/mol. The van der Waals surface area contributed by atoms with E-state index in [4.69, 9.17) is 4.52 Å². The summed E-state index contributed by atoms with van der Waals surface area (Å²) in [4.78, 5) is 33.9. The van der Waals surface area contributed by atoms with Crippen molar-refractivity contribution in [2.45, 2.75) is 89.7 Å². The minimum atomic E-state index is -0.806. The van der Waals surface area contributed by atoms with Crippen molar-refractivity contribution in [3.05, 3.63) is 71.2 Å². The second-order valence-electron chi connectivity index (χ2n) is 13.4. The molecule has 5 rings (SSSR count). The molecule has 1 aliphatic carbocycles. The Morgan fingerprint density at radius 1 is 1.10 bits per heavy atom. The van der Waals surface area contributed by atoms with Crippen LogP contribution in [-0.4, -0.2) is 56.4 Å². The van der Waals surface area contributed by atoms with E-state index in [1.54, 1.807) is 6.20 Å². The van der Waals surface area contributed by atoms with Crippen molar-refractivity contribution in [3.8, 4) is 11.3 Å². The molecule has 1 aromatic carbocycles. The van der Waals surface area contributed by atoms with E-state index < -0.39 is 28.1 Å². The normalized spacial score (nSPS) is 22.5. The van der Waals surface area contributed by atoms with E-state index in [1.165, 1.54) is 12.1 Å². The van der Waals surface area contributed by atoms with Crippen LogP contribution in [0.25, 0.3) is 11.3 Å². The Morgan fingerprint density at radius 2 is 1.81 bits per heavy atom. The Kier molecular flexibility index (Phi) is 8.20. The van der Waals surface area contributed by atoms with Gasteiger partial charge >= 0.3 is 0 Å². The Hall–Kier alpha value is -3.30. The molecule has 0 unspecified atom stereocenters. The summed E-state index contributed by atoms with van der Waals surface area (Å²) in [6.45, 7) is 9.08. The Labute approximate surface area is 245 Å². The molecule has 2 fully saturated rings. The van der Waals surface area contributed by atoms with Gasteiger partial charge in [0.05, 0.1) is 11.2 Å². The van der Waals surface area contributed by atoms with Crippen LogP contribution >= 0.6 is 0 Å². The fourth-order valence-electron chi connectivity index (χ4n) is 6.57. The molecule has 224 valence electrons. The van der Waals surface area contributed by atoms with Crippen molar-refractivity contribution in [2.75, 3.05) is 13.1 Å². The number of nitrogens with zero attached hydrogens (tertiary/aromatic N) is 3. The summed E-state index contributed by atoms with van der Waals surface area (Å²) in [6.07, 6.45) is 5.57. The minimum Gasteiger partial charge on any atom is -0.390 e. The summed E-state index contributed by atoms with van der Waals surface area (Å²) in [5.41, 5.74) is 0.330. The summed E-state index contributed by atoms with van der Waals surface area (Å²) in [5, 5.41) is 14.3. The summed E-state index contributed by atoms with van der Waals surface area (Å²) < 4.78 is 32.9. The van der Waals surface area contributed by atoms with Gasteiger partial charge in [0.1, 0.15) is 23.1 Å². The van der Waals surface area contributed by atoms with Gasteiger partial charge in [-0.05, 0) is 69.4 Å². The van der Waals surface area contributed by atoms with Crippen molar-refractivity contribution in [3.63, 3.8) is 0 Å². The van der Waals surface area contributed by atoms with Crippen molar-refractivity contribution in [2.24, 2.45) is 5.41 Å². The highest BCUT2D eigenvalue weighted by atomic mass is 19.1. The van der Waals surface area contributed by atoms with Gasteiger partial charge in [0.15, 0.2) is 11.5 Å². The van der Waals surface area contributed by atoms with Crippen LogP contribution in [0.3, 0.4) is 0 Å². The molecule has 2 aromatic heterocycles. The number of aryl methyl sites for hydroxylation is 1. The van der Waals surface area contributed by atoms with Gasteiger partial charge in [-0.25, -0.2) is 8.78 Å². The molecule has 1 saturated heterocycles. The molecule has 9 heteroatoms. The highest BCUT2D eigenvalue weighted by Crippen LogP contribution is 2.44.